The van der Waals surface area contributed by atoms with Crippen LogP contribution in [0.1, 0.15) is 92.9 Å². The smallest absolute Gasteiger partial charge is 0.410 e. The Morgan fingerprint density at radius 1 is 1.21 bits per heavy atom. The van der Waals surface area contributed by atoms with Crippen LogP contribution in [0, 0.1) is 11.8 Å². The molecule has 1 amide bonds. The van der Waals surface area contributed by atoms with Crippen molar-refractivity contribution in [3.05, 3.63) is 36.0 Å². The quantitative estimate of drug-likeness (QED) is 0.116. The fraction of sp³-hybridized carbons (Fsp3) is 0.784. The summed E-state index contributed by atoms with van der Waals surface area (Å²) in [6, 6.07) is 0.620. The van der Waals surface area contributed by atoms with Crippen molar-refractivity contribution in [2.24, 2.45) is 11.8 Å². The molecule has 272 valence electrons. The van der Waals surface area contributed by atoms with Crippen molar-refractivity contribution in [2.75, 3.05) is 26.2 Å². The van der Waals surface area contributed by atoms with E-state index in [4.69, 9.17) is 14.2 Å². The Kier molecular flexibility index (Phi) is 13.3. The van der Waals surface area contributed by atoms with Crippen LogP contribution < -0.4 is 0 Å². The van der Waals surface area contributed by atoms with Gasteiger partial charge in [-0.1, -0.05) is 51.5 Å². The Balaban J connectivity index is 1.43. The fourth-order valence-electron chi connectivity index (χ4n) is 7.01. The summed E-state index contributed by atoms with van der Waals surface area (Å²) in [5.74, 6) is -0.934. The summed E-state index contributed by atoms with van der Waals surface area (Å²) in [5.41, 5.74) is -1.92. The molecule has 4 aliphatic rings. The molecule has 3 heterocycles. The lowest BCUT2D eigenvalue weighted by atomic mass is 9.88. The number of epoxide rings is 1. The summed E-state index contributed by atoms with van der Waals surface area (Å²) in [4.78, 5) is 30.3. The lowest BCUT2D eigenvalue weighted by molar-refractivity contribution is -0.151. The number of allylic oxidation sites excluding steroid dienone is 2. The summed E-state index contributed by atoms with van der Waals surface area (Å²) in [6.45, 7) is 13.6. The molecule has 0 aromatic heterocycles. The van der Waals surface area contributed by atoms with Crippen LogP contribution in [0.5, 0.6) is 0 Å². The van der Waals surface area contributed by atoms with Gasteiger partial charge in [-0.2, -0.15) is 0 Å². The Labute approximate surface area is 286 Å². The number of ether oxygens (including phenoxy) is 3. The van der Waals surface area contributed by atoms with Crippen molar-refractivity contribution in [3.8, 4) is 0 Å². The summed E-state index contributed by atoms with van der Waals surface area (Å²) in [5, 5.41) is 43.3. The van der Waals surface area contributed by atoms with E-state index in [0.29, 0.717) is 37.5 Å². The molecular weight excluding hydrogens is 616 g/mol. The van der Waals surface area contributed by atoms with Gasteiger partial charge in [0.05, 0.1) is 36.4 Å². The average Bonchev–Trinajstić information content (AvgIpc) is 3.76. The minimum Gasteiger partial charge on any atom is -0.457 e. The zero-order chi connectivity index (χ0) is 35.2. The molecule has 10 atom stereocenters. The highest BCUT2D eigenvalue weighted by Crippen LogP contribution is 2.37. The Morgan fingerprint density at radius 3 is 2.52 bits per heavy atom. The minimum absolute atomic E-state index is 0.00934. The average molecular weight is 677 g/mol. The van der Waals surface area contributed by atoms with Gasteiger partial charge in [0.15, 0.2) is 6.10 Å². The topological polar surface area (TPSA) is 153 Å². The predicted octanol–water partition coefficient (Wildman–Crippen LogP) is 3.88. The number of rotatable bonds is 10. The summed E-state index contributed by atoms with van der Waals surface area (Å²) in [7, 11) is 0. The maximum absolute atomic E-state index is 13.3. The van der Waals surface area contributed by atoms with E-state index in [-0.39, 0.29) is 43.3 Å². The van der Waals surface area contributed by atoms with Gasteiger partial charge in [0.2, 0.25) is 0 Å². The maximum Gasteiger partial charge on any atom is 0.410 e. The second-order valence-corrected chi connectivity index (χ2v) is 15.1. The second kappa shape index (κ2) is 16.6. The van der Waals surface area contributed by atoms with Crippen molar-refractivity contribution < 1.29 is 44.2 Å². The summed E-state index contributed by atoms with van der Waals surface area (Å²) in [6.07, 6.45) is 9.53. The number of aliphatic hydroxyl groups is 4. The zero-order valence-electron chi connectivity index (χ0n) is 29.8. The van der Waals surface area contributed by atoms with Gasteiger partial charge < -0.3 is 39.5 Å². The number of hydrogen-bond donors (Lipinski definition) is 4. The molecule has 4 N–H and O–H groups in total. The van der Waals surface area contributed by atoms with E-state index in [1.807, 2.05) is 27.7 Å². The van der Waals surface area contributed by atoms with E-state index >= 15 is 0 Å². The van der Waals surface area contributed by atoms with Gasteiger partial charge in [0, 0.05) is 50.5 Å². The van der Waals surface area contributed by atoms with Gasteiger partial charge in [0.25, 0.3) is 0 Å². The lowest BCUT2D eigenvalue weighted by Gasteiger charge is -2.43. The molecule has 48 heavy (non-hydrogen) atoms. The van der Waals surface area contributed by atoms with E-state index in [9.17, 15) is 30.0 Å². The third-order valence-electron chi connectivity index (χ3n) is 10.8. The molecule has 1 aliphatic carbocycles. The van der Waals surface area contributed by atoms with Crippen LogP contribution in [0.15, 0.2) is 36.0 Å². The van der Waals surface area contributed by atoms with Crippen LogP contribution in [0.4, 0.5) is 4.79 Å². The van der Waals surface area contributed by atoms with Crippen LogP contribution >= 0.6 is 0 Å². The van der Waals surface area contributed by atoms with Crippen LogP contribution in [-0.4, -0.2) is 122 Å². The van der Waals surface area contributed by atoms with Gasteiger partial charge in [-0.15, -0.1) is 0 Å². The lowest BCUT2D eigenvalue weighted by Crippen LogP contribution is -2.54. The maximum atomic E-state index is 13.3. The number of carbonyl (C=O) groups excluding carboxylic acids is 2. The van der Waals surface area contributed by atoms with E-state index in [0.717, 1.165) is 13.1 Å². The molecular formula is C37H60N2O9. The number of carbonyl (C=O) groups is 2. The first-order chi connectivity index (χ1) is 22.6. The van der Waals surface area contributed by atoms with Crippen molar-refractivity contribution in [2.45, 2.75) is 147 Å². The first-order valence-electron chi connectivity index (χ1n) is 18.0. The third-order valence-corrected chi connectivity index (χ3v) is 10.8. The van der Waals surface area contributed by atoms with E-state index < -0.39 is 47.7 Å². The van der Waals surface area contributed by atoms with Crippen molar-refractivity contribution >= 4 is 12.1 Å². The molecule has 0 bridgehead atoms. The van der Waals surface area contributed by atoms with Crippen LogP contribution in [0.2, 0.25) is 0 Å². The molecule has 0 radical (unpaired) electrons. The van der Waals surface area contributed by atoms with Crippen molar-refractivity contribution in [1.29, 1.82) is 0 Å². The Bertz CT molecular complexity index is 1170. The van der Waals surface area contributed by atoms with E-state index in [1.165, 1.54) is 19.3 Å². The number of amides is 1. The van der Waals surface area contributed by atoms with Crippen LogP contribution in [0.25, 0.3) is 0 Å². The number of cyclic esters (lactones) is 1. The molecule has 4 rings (SSSR count). The van der Waals surface area contributed by atoms with Gasteiger partial charge in [0.1, 0.15) is 11.7 Å². The second-order valence-electron chi connectivity index (χ2n) is 15.1. The molecule has 10 unspecified atom stereocenters. The number of piperazine rings is 1. The van der Waals surface area contributed by atoms with Crippen LogP contribution in [0.3, 0.4) is 0 Å². The highest BCUT2D eigenvalue weighted by atomic mass is 16.6. The van der Waals surface area contributed by atoms with E-state index in [1.54, 1.807) is 49.1 Å². The molecule has 1 saturated carbocycles. The number of esters is 1. The monoisotopic (exact) mass is 676 g/mol. The Morgan fingerprint density at radius 2 is 1.90 bits per heavy atom. The highest BCUT2D eigenvalue weighted by Gasteiger charge is 2.47. The minimum atomic E-state index is -1.48. The molecule has 2 saturated heterocycles. The number of hydrogen-bond acceptors (Lipinski definition) is 10. The third kappa shape index (κ3) is 10.6. The van der Waals surface area contributed by atoms with Crippen molar-refractivity contribution in [3.63, 3.8) is 0 Å². The molecule has 0 aromatic carbocycles. The van der Waals surface area contributed by atoms with Crippen LogP contribution in [-0.2, 0) is 19.0 Å². The normalized spacial score (nSPS) is 35.5. The number of aliphatic hydroxyl groups excluding tert-OH is 2. The first kappa shape index (κ1) is 38.5. The Hall–Kier alpha value is -2.28. The predicted molar refractivity (Wildman–Crippen MR) is 182 cm³/mol. The van der Waals surface area contributed by atoms with Gasteiger partial charge in [-0.3, -0.25) is 9.69 Å². The molecule has 0 aromatic rings. The first-order valence-corrected chi connectivity index (χ1v) is 18.0. The highest BCUT2D eigenvalue weighted by molar-refractivity contribution is 5.70. The van der Waals surface area contributed by atoms with Crippen molar-refractivity contribution in [1.82, 2.24) is 9.80 Å². The van der Waals surface area contributed by atoms with Gasteiger partial charge in [-0.05, 0) is 64.5 Å². The fourth-order valence-corrected chi connectivity index (χ4v) is 7.01. The number of nitrogens with zero attached hydrogens (tertiary/aromatic N) is 2. The molecule has 3 fully saturated rings. The molecule has 0 spiro atoms. The summed E-state index contributed by atoms with van der Waals surface area (Å²) < 4.78 is 17.5. The zero-order valence-corrected chi connectivity index (χ0v) is 29.8. The van der Waals surface area contributed by atoms with Gasteiger partial charge in [-0.25, -0.2) is 4.79 Å². The largest absolute Gasteiger partial charge is 0.457 e. The standard InChI is InChI=1S/C37H60N2O9/c1-7-29(41)26(4)34-30(46-34)23-36(5,44)16-9-10-24(2)33-25(3)13-14-31(37(6,45)17-15-28(40)22-32(42)48-33)47-35(43)39-20-18-38(19-21-39)27-11-8-12-27/h9-10,13-14,16,25-31,33-34,40-41,44-45H,7-8,11-12,15,17-23H2,1-6H3. The summed E-state index contributed by atoms with van der Waals surface area (Å²) >= 11 is 0. The molecule has 3 aliphatic heterocycles. The molecule has 11 heteroatoms. The SMILES string of the molecule is CCC(O)C(C)C1OC1CC(C)(O)C=CC=C(C)C1OC(=O)CC(O)CCC(C)(O)C(OC(=O)N2CCN(C3CCC3)CC2)C=CC1C. The molecule has 11 nitrogen and oxygen atoms in total. The van der Waals surface area contributed by atoms with E-state index in [2.05, 4.69) is 4.90 Å². The van der Waals surface area contributed by atoms with Gasteiger partial charge >= 0.3 is 12.1 Å².